The average molecular weight is 276 g/mol. The molecule has 0 N–H and O–H groups in total. The highest BCUT2D eigenvalue weighted by Gasteiger charge is 2.12. The Morgan fingerprint density at radius 3 is 2.40 bits per heavy atom. The molecule has 20 heavy (non-hydrogen) atoms. The quantitative estimate of drug-likeness (QED) is 0.454. The lowest BCUT2D eigenvalue weighted by atomic mass is 10.1. The number of carbonyl (C=O) groups is 1. The van der Waals surface area contributed by atoms with E-state index in [9.17, 15) is 4.79 Å². The van der Waals surface area contributed by atoms with Crippen LogP contribution < -0.4 is 9.47 Å². The smallest absolute Gasteiger partial charge is 0.338 e. The zero-order valence-corrected chi connectivity index (χ0v) is 12.4. The molecule has 4 heteroatoms. The fourth-order valence-corrected chi connectivity index (χ4v) is 1.67. The van der Waals surface area contributed by atoms with Gasteiger partial charge in [0.25, 0.3) is 0 Å². The number of esters is 1. The Kier molecular flexibility index (Phi) is 5.84. The summed E-state index contributed by atoms with van der Waals surface area (Å²) >= 11 is 0. The Bertz CT molecular complexity index is 529. The van der Waals surface area contributed by atoms with Crippen LogP contribution in [0.2, 0.25) is 0 Å². The minimum absolute atomic E-state index is 0.329. The summed E-state index contributed by atoms with van der Waals surface area (Å²) in [5.74, 6) is 0.860. The van der Waals surface area contributed by atoms with Crippen molar-refractivity contribution in [2.24, 2.45) is 0 Å². The Morgan fingerprint density at radius 1 is 1.25 bits per heavy atom. The van der Waals surface area contributed by atoms with E-state index in [-0.39, 0.29) is 5.97 Å². The van der Waals surface area contributed by atoms with Crippen molar-refractivity contribution in [3.63, 3.8) is 0 Å². The first kappa shape index (κ1) is 15.8. The van der Waals surface area contributed by atoms with E-state index in [2.05, 4.69) is 6.58 Å². The van der Waals surface area contributed by atoms with E-state index in [1.165, 1.54) is 0 Å². The summed E-state index contributed by atoms with van der Waals surface area (Å²) in [5.41, 5.74) is 1.91. The van der Waals surface area contributed by atoms with Gasteiger partial charge in [-0.15, -0.1) is 0 Å². The van der Waals surface area contributed by atoms with Gasteiger partial charge in [-0.2, -0.15) is 0 Å². The van der Waals surface area contributed by atoms with Crippen LogP contribution in [0.1, 0.15) is 19.4 Å². The molecule has 0 radical (unpaired) electrons. The summed E-state index contributed by atoms with van der Waals surface area (Å²) in [6, 6.07) is 5.41. The monoisotopic (exact) mass is 276 g/mol. The molecule has 0 spiro atoms. The van der Waals surface area contributed by atoms with Gasteiger partial charge in [-0.25, -0.2) is 4.79 Å². The van der Waals surface area contributed by atoms with Crippen molar-refractivity contribution in [3.8, 4) is 11.5 Å². The van der Waals surface area contributed by atoms with Crippen LogP contribution in [0, 0.1) is 0 Å². The lowest BCUT2D eigenvalue weighted by molar-refractivity contribution is -0.138. The molecule has 1 aromatic rings. The van der Waals surface area contributed by atoms with Gasteiger partial charge in [0, 0.05) is 0 Å². The number of hydrogen-bond acceptors (Lipinski definition) is 4. The van der Waals surface area contributed by atoms with Crippen molar-refractivity contribution in [2.45, 2.75) is 13.8 Å². The van der Waals surface area contributed by atoms with E-state index in [0.717, 1.165) is 5.56 Å². The van der Waals surface area contributed by atoms with Gasteiger partial charge in [0.1, 0.15) is 0 Å². The van der Waals surface area contributed by atoms with E-state index < -0.39 is 0 Å². The molecule has 0 unspecified atom stereocenters. The molecule has 0 heterocycles. The molecule has 0 aliphatic rings. The van der Waals surface area contributed by atoms with Crippen LogP contribution in [-0.2, 0) is 9.53 Å². The van der Waals surface area contributed by atoms with Gasteiger partial charge in [0.15, 0.2) is 11.5 Å². The molecule has 0 fully saturated rings. The number of benzene rings is 1. The predicted octanol–water partition coefficient (Wildman–Crippen LogP) is 3.23. The number of rotatable bonds is 6. The SMILES string of the molecule is C=C(C)/C(=C\c1ccc(OC)c(OC)c1)C(=O)OCC. The van der Waals surface area contributed by atoms with Gasteiger partial charge in [-0.05, 0) is 43.2 Å². The molecule has 0 amide bonds. The third-order valence-electron chi connectivity index (χ3n) is 2.67. The summed E-state index contributed by atoms with van der Waals surface area (Å²) in [6.45, 7) is 7.67. The van der Waals surface area contributed by atoms with E-state index in [1.807, 2.05) is 6.07 Å². The summed E-state index contributed by atoms with van der Waals surface area (Å²) in [5, 5.41) is 0. The maximum atomic E-state index is 11.9. The van der Waals surface area contributed by atoms with Crippen LogP contribution in [0.15, 0.2) is 35.9 Å². The predicted molar refractivity (Wildman–Crippen MR) is 79.0 cm³/mol. The molecule has 1 rings (SSSR count). The first-order valence-electron chi connectivity index (χ1n) is 6.30. The van der Waals surface area contributed by atoms with E-state index in [0.29, 0.717) is 29.3 Å². The molecule has 0 aromatic heterocycles. The largest absolute Gasteiger partial charge is 0.493 e. The molecule has 1 aromatic carbocycles. The zero-order chi connectivity index (χ0) is 15.1. The summed E-state index contributed by atoms with van der Waals surface area (Å²) < 4.78 is 15.4. The Hall–Kier alpha value is -2.23. The molecule has 0 atom stereocenters. The van der Waals surface area contributed by atoms with Crippen LogP contribution >= 0.6 is 0 Å². The zero-order valence-electron chi connectivity index (χ0n) is 12.4. The summed E-state index contributed by atoms with van der Waals surface area (Å²) in [7, 11) is 3.14. The normalized spacial score (nSPS) is 10.9. The highest BCUT2D eigenvalue weighted by atomic mass is 16.5. The maximum Gasteiger partial charge on any atom is 0.338 e. The van der Waals surface area contributed by atoms with Gasteiger partial charge in [-0.1, -0.05) is 12.6 Å². The number of hydrogen-bond donors (Lipinski definition) is 0. The van der Waals surface area contributed by atoms with Crippen molar-refractivity contribution in [1.29, 1.82) is 0 Å². The molecule has 108 valence electrons. The second-order valence-corrected chi connectivity index (χ2v) is 4.17. The topological polar surface area (TPSA) is 44.8 Å². The Labute approximate surface area is 119 Å². The summed E-state index contributed by atoms with van der Waals surface area (Å²) in [4.78, 5) is 11.9. The van der Waals surface area contributed by atoms with Crippen LogP contribution in [-0.4, -0.2) is 26.8 Å². The fraction of sp³-hybridized carbons (Fsp3) is 0.312. The van der Waals surface area contributed by atoms with E-state index in [1.54, 1.807) is 46.3 Å². The molecule has 4 nitrogen and oxygen atoms in total. The third kappa shape index (κ3) is 3.88. The van der Waals surface area contributed by atoms with Crippen molar-refractivity contribution < 1.29 is 19.0 Å². The maximum absolute atomic E-state index is 11.9. The third-order valence-corrected chi connectivity index (χ3v) is 2.67. The highest BCUT2D eigenvalue weighted by molar-refractivity contribution is 5.98. The fourth-order valence-electron chi connectivity index (χ4n) is 1.67. The lowest BCUT2D eigenvalue weighted by Crippen LogP contribution is -2.08. The second kappa shape index (κ2) is 7.38. The lowest BCUT2D eigenvalue weighted by Gasteiger charge is -2.09. The number of carbonyl (C=O) groups excluding carboxylic acids is 1. The minimum atomic E-state index is -0.380. The molecule has 0 aliphatic heterocycles. The highest BCUT2D eigenvalue weighted by Crippen LogP contribution is 2.29. The molecule has 0 saturated carbocycles. The van der Waals surface area contributed by atoms with Gasteiger partial charge in [0.2, 0.25) is 0 Å². The van der Waals surface area contributed by atoms with Gasteiger partial charge in [0.05, 0.1) is 26.4 Å². The van der Waals surface area contributed by atoms with Gasteiger partial charge < -0.3 is 14.2 Å². The first-order chi connectivity index (χ1) is 9.53. The molecule has 0 bridgehead atoms. The molecule has 0 saturated heterocycles. The standard InChI is InChI=1S/C16H20O4/c1-6-20-16(17)13(11(2)3)9-12-7-8-14(18-4)15(10-12)19-5/h7-10H,2,6H2,1,3-5H3/b13-9+. The van der Waals surface area contributed by atoms with Crippen LogP contribution in [0.4, 0.5) is 0 Å². The molecular weight excluding hydrogens is 256 g/mol. The minimum Gasteiger partial charge on any atom is -0.493 e. The van der Waals surface area contributed by atoms with E-state index >= 15 is 0 Å². The van der Waals surface area contributed by atoms with Crippen molar-refractivity contribution in [2.75, 3.05) is 20.8 Å². The number of ether oxygens (including phenoxy) is 3. The molecular formula is C16H20O4. The number of methoxy groups -OCH3 is 2. The van der Waals surface area contributed by atoms with Crippen LogP contribution in [0.5, 0.6) is 11.5 Å². The van der Waals surface area contributed by atoms with Crippen molar-refractivity contribution >= 4 is 12.0 Å². The van der Waals surface area contributed by atoms with Gasteiger partial charge >= 0.3 is 5.97 Å². The average Bonchev–Trinajstić information content (AvgIpc) is 2.44. The van der Waals surface area contributed by atoms with Crippen LogP contribution in [0.3, 0.4) is 0 Å². The summed E-state index contributed by atoms with van der Waals surface area (Å²) in [6.07, 6.45) is 1.72. The van der Waals surface area contributed by atoms with E-state index in [4.69, 9.17) is 14.2 Å². The van der Waals surface area contributed by atoms with Crippen molar-refractivity contribution in [3.05, 3.63) is 41.5 Å². The second-order valence-electron chi connectivity index (χ2n) is 4.17. The Morgan fingerprint density at radius 2 is 1.90 bits per heavy atom. The Balaban J connectivity index is 3.17. The molecule has 0 aliphatic carbocycles. The van der Waals surface area contributed by atoms with Crippen molar-refractivity contribution in [1.82, 2.24) is 0 Å². The van der Waals surface area contributed by atoms with Crippen LogP contribution in [0.25, 0.3) is 6.08 Å². The first-order valence-corrected chi connectivity index (χ1v) is 6.30. The van der Waals surface area contributed by atoms with Gasteiger partial charge in [-0.3, -0.25) is 0 Å².